The summed E-state index contributed by atoms with van der Waals surface area (Å²) in [5, 5.41) is 0. The lowest BCUT2D eigenvalue weighted by Gasteiger charge is -2.26. The van der Waals surface area contributed by atoms with Crippen LogP contribution in [-0.2, 0) is 0 Å². The third-order valence-electron chi connectivity index (χ3n) is 2.58. The predicted molar refractivity (Wildman–Crippen MR) is 61.5 cm³/mol. The van der Waals surface area contributed by atoms with Crippen LogP contribution < -0.4 is 0 Å². The van der Waals surface area contributed by atoms with Gasteiger partial charge in [-0.1, -0.05) is 38.9 Å². The Morgan fingerprint density at radius 3 is 1.25 bits per heavy atom. The maximum Gasteiger partial charge on any atom is -0.00344 e. The van der Waals surface area contributed by atoms with Crippen molar-refractivity contribution in [2.75, 3.05) is 0 Å². The van der Waals surface area contributed by atoms with Crippen LogP contribution >= 0.6 is 18.5 Å². The van der Waals surface area contributed by atoms with Crippen molar-refractivity contribution in [3.05, 3.63) is 0 Å². The van der Waals surface area contributed by atoms with Gasteiger partial charge in [-0.2, -0.15) is 0 Å². The molecule has 0 aliphatic rings. The minimum absolute atomic E-state index is 0.236. The predicted octanol–water partition coefficient (Wildman–Crippen LogP) is 5.00. The fourth-order valence-electron chi connectivity index (χ4n) is 1.57. The number of rotatable bonds is 6. The molecule has 0 amide bonds. The molecule has 0 unspecified atom stereocenters. The molecule has 0 aromatic heterocycles. The summed E-state index contributed by atoms with van der Waals surface area (Å²) >= 11 is 6.48. The average Bonchev–Trinajstić information content (AvgIpc) is 2.09. The smallest absolute Gasteiger partial charge is 0.00344 e. The van der Waals surface area contributed by atoms with Crippen molar-refractivity contribution < 1.29 is 0 Å². The fraction of sp³-hybridized carbons (Fsp3) is 1.00. The molecule has 0 saturated heterocycles. The van der Waals surface area contributed by atoms with Crippen LogP contribution in [0, 0.1) is 0 Å². The van der Waals surface area contributed by atoms with Crippen molar-refractivity contribution in [1.29, 1.82) is 0 Å². The highest BCUT2D eigenvalue weighted by Crippen LogP contribution is 2.55. The van der Waals surface area contributed by atoms with Crippen molar-refractivity contribution in [3.8, 4) is 0 Å². The van der Waals surface area contributed by atoms with E-state index in [1.54, 1.807) is 0 Å². The summed E-state index contributed by atoms with van der Waals surface area (Å²) in [5.41, 5.74) is 1.57. The van der Waals surface area contributed by atoms with Gasteiger partial charge in [-0.3, -0.25) is 0 Å². The van der Waals surface area contributed by atoms with Gasteiger partial charge in [0, 0.05) is 0 Å². The highest BCUT2D eigenvalue weighted by molar-refractivity contribution is 7.85. The highest BCUT2D eigenvalue weighted by Gasteiger charge is 2.22. The molecule has 0 aliphatic heterocycles. The molecule has 12 heavy (non-hydrogen) atoms. The zero-order valence-corrected chi connectivity index (χ0v) is 10.5. The first-order valence-corrected chi connectivity index (χ1v) is 7.53. The summed E-state index contributed by atoms with van der Waals surface area (Å²) in [4.78, 5) is 0. The van der Waals surface area contributed by atoms with Gasteiger partial charge in [-0.05, 0) is 44.3 Å². The Balaban J connectivity index is 4.02. The fourth-order valence-corrected chi connectivity index (χ4v) is 5.22. The molecular formula is C10H22ClP. The SMILES string of the molecule is CCC(CC)P(Cl)C(CC)CC. The second-order valence-corrected chi connectivity index (χ2v) is 6.61. The molecule has 0 aromatic carbocycles. The lowest BCUT2D eigenvalue weighted by atomic mass is 10.2. The summed E-state index contributed by atoms with van der Waals surface area (Å²) in [6.07, 6.45) is 5.01. The van der Waals surface area contributed by atoms with Crippen LogP contribution in [-0.4, -0.2) is 11.3 Å². The topological polar surface area (TPSA) is 0 Å². The lowest BCUT2D eigenvalue weighted by molar-refractivity contribution is 0.736. The van der Waals surface area contributed by atoms with Crippen molar-refractivity contribution in [1.82, 2.24) is 0 Å². The Hall–Kier alpha value is 0.720. The van der Waals surface area contributed by atoms with Gasteiger partial charge in [0.2, 0.25) is 0 Å². The van der Waals surface area contributed by atoms with E-state index in [2.05, 4.69) is 27.7 Å². The minimum atomic E-state index is -0.236. The first-order chi connectivity index (χ1) is 5.71. The summed E-state index contributed by atoms with van der Waals surface area (Å²) in [5.74, 6) is 0. The van der Waals surface area contributed by atoms with E-state index in [1.807, 2.05) is 0 Å². The summed E-state index contributed by atoms with van der Waals surface area (Å²) < 4.78 is 0. The standard InChI is InChI=1S/C10H22ClP/c1-5-9(6-2)12(11)10(7-3)8-4/h9-10H,5-8H2,1-4H3. The van der Waals surface area contributed by atoms with E-state index in [4.69, 9.17) is 11.2 Å². The molecule has 0 aromatic rings. The van der Waals surface area contributed by atoms with Crippen LogP contribution in [0.5, 0.6) is 0 Å². The Kier molecular flexibility index (Phi) is 7.58. The number of hydrogen-bond acceptors (Lipinski definition) is 0. The Bertz CT molecular complexity index is 86.0. The van der Waals surface area contributed by atoms with Crippen molar-refractivity contribution in [2.45, 2.75) is 64.7 Å². The third kappa shape index (κ3) is 3.62. The van der Waals surface area contributed by atoms with Gasteiger partial charge in [-0.15, -0.1) is 0 Å². The molecule has 0 heterocycles. The van der Waals surface area contributed by atoms with Crippen LogP contribution in [0.25, 0.3) is 0 Å². The molecule has 0 atom stereocenters. The van der Waals surface area contributed by atoms with Gasteiger partial charge in [0.25, 0.3) is 0 Å². The van der Waals surface area contributed by atoms with E-state index in [1.165, 1.54) is 25.7 Å². The maximum absolute atomic E-state index is 6.48. The third-order valence-corrected chi connectivity index (χ3v) is 7.09. The monoisotopic (exact) mass is 208 g/mol. The second-order valence-electron chi connectivity index (χ2n) is 3.28. The van der Waals surface area contributed by atoms with Gasteiger partial charge >= 0.3 is 0 Å². The number of hydrogen-bond donors (Lipinski definition) is 0. The van der Waals surface area contributed by atoms with Crippen molar-refractivity contribution >= 4 is 18.5 Å². The maximum atomic E-state index is 6.48. The van der Waals surface area contributed by atoms with Gasteiger partial charge < -0.3 is 0 Å². The molecule has 0 radical (unpaired) electrons. The van der Waals surface area contributed by atoms with Gasteiger partial charge in [-0.25, -0.2) is 0 Å². The Labute approximate surface area is 83.6 Å². The Morgan fingerprint density at radius 1 is 0.833 bits per heavy atom. The van der Waals surface area contributed by atoms with Crippen LogP contribution in [0.3, 0.4) is 0 Å². The molecule has 2 heteroatoms. The van der Waals surface area contributed by atoms with E-state index in [0.29, 0.717) is 0 Å². The quantitative estimate of drug-likeness (QED) is 0.539. The summed E-state index contributed by atoms with van der Waals surface area (Å²) in [7, 11) is -0.236. The highest BCUT2D eigenvalue weighted by atomic mass is 35.7. The molecule has 0 aliphatic carbocycles. The molecule has 0 fully saturated rings. The molecule has 0 rings (SSSR count). The normalized spacial score (nSPS) is 12.0. The molecule has 0 bridgehead atoms. The lowest BCUT2D eigenvalue weighted by Crippen LogP contribution is -2.09. The van der Waals surface area contributed by atoms with E-state index in [0.717, 1.165) is 11.3 Å². The zero-order chi connectivity index (χ0) is 9.56. The minimum Gasteiger partial charge on any atom is -0.0958 e. The van der Waals surface area contributed by atoms with Crippen molar-refractivity contribution in [3.63, 3.8) is 0 Å². The van der Waals surface area contributed by atoms with Crippen LogP contribution in [0.2, 0.25) is 0 Å². The largest absolute Gasteiger partial charge is 0.0958 e. The molecule has 74 valence electrons. The second kappa shape index (κ2) is 7.15. The van der Waals surface area contributed by atoms with E-state index in [9.17, 15) is 0 Å². The van der Waals surface area contributed by atoms with Crippen LogP contribution in [0.15, 0.2) is 0 Å². The first kappa shape index (κ1) is 12.7. The van der Waals surface area contributed by atoms with Gasteiger partial charge in [0.1, 0.15) is 0 Å². The van der Waals surface area contributed by atoms with E-state index < -0.39 is 0 Å². The summed E-state index contributed by atoms with van der Waals surface area (Å²) in [6.45, 7) is 9.03. The Morgan fingerprint density at radius 2 is 1.08 bits per heavy atom. The van der Waals surface area contributed by atoms with Crippen molar-refractivity contribution in [2.24, 2.45) is 0 Å². The van der Waals surface area contributed by atoms with Gasteiger partial charge in [0.15, 0.2) is 0 Å². The van der Waals surface area contributed by atoms with Crippen LogP contribution in [0.1, 0.15) is 53.4 Å². The first-order valence-electron chi connectivity index (χ1n) is 5.15. The molecule has 0 saturated carbocycles. The summed E-state index contributed by atoms with van der Waals surface area (Å²) in [6, 6.07) is 0. The number of halogens is 1. The van der Waals surface area contributed by atoms with Gasteiger partial charge in [0.05, 0.1) is 0 Å². The molecule has 0 nitrogen and oxygen atoms in total. The van der Waals surface area contributed by atoms with E-state index >= 15 is 0 Å². The van der Waals surface area contributed by atoms with E-state index in [-0.39, 0.29) is 7.27 Å². The zero-order valence-electron chi connectivity index (χ0n) is 8.81. The molecular weight excluding hydrogens is 187 g/mol. The average molecular weight is 209 g/mol. The molecule has 0 spiro atoms. The van der Waals surface area contributed by atoms with Crippen LogP contribution in [0.4, 0.5) is 0 Å². The molecule has 0 N–H and O–H groups in total.